The van der Waals surface area contributed by atoms with Crippen molar-refractivity contribution in [3.8, 4) is 0 Å². The van der Waals surface area contributed by atoms with Crippen molar-refractivity contribution >= 4 is 0 Å². The topological polar surface area (TPSA) is 3.24 Å². The molecule has 0 unspecified atom stereocenters. The first-order valence-electron chi connectivity index (χ1n) is 7.41. The maximum absolute atomic E-state index is 2.68. The highest BCUT2D eigenvalue weighted by Crippen LogP contribution is 2.27. The van der Waals surface area contributed by atoms with E-state index in [9.17, 15) is 0 Å². The Kier molecular flexibility index (Phi) is 4.45. The summed E-state index contributed by atoms with van der Waals surface area (Å²) in [6.45, 7) is 9.61. The number of nitrogens with zero attached hydrogens (tertiary/aromatic N) is 1. The first kappa shape index (κ1) is 13.6. The maximum atomic E-state index is 2.68. The Morgan fingerprint density at radius 2 is 1.72 bits per heavy atom. The van der Waals surface area contributed by atoms with Gasteiger partial charge in [0.15, 0.2) is 0 Å². The smallest absolute Gasteiger partial charge is 0.0150 e. The van der Waals surface area contributed by atoms with E-state index in [0.29, 0.717) is 5.54 Å². The van der Waals surface area contributed by atoms with Crippen molar-refractivity contribution in [3.63, 3.8) is 0 Å². The van der Waals surface area contributed by atoms with E-state index in [0.717, 1.165) is 5.92 Å². The summed E-state index contributed by atoms with van der Waals surface area (Å²) < 4.78 is 0. The summed E-state index contributed by atoms with van der Waals surface area (Å²) in [5.74, 6) is 0.885. The second-order valence-electron chi connectivity index (χ2n) is 6.29. The largest absolute Gasteiger partial charge is 0.298 e. The highest BCUT2D eigenvalue weighted by Gasteiger charge is 2.28. The van der Waals surface area contributed by atoms with Gasteiger partial charge in [-0.25, -0.2) is 0 Å². The quantitative estimate of drug-likeness (QED) is 0.771. The first-order valence-corrected chi connectivity index (χ1v) is 7.41. The fourth-order valence-electron chi connectivity index (χ4n) is 2.91. The molecule has 1 nitrogen and oxygen atoms in total. The molecule has 2 rings (SSSR count). The zero-order valence-electron chi connectivity index (χ0n) is 12.2. The van der Waals surface area contributed by atoms with Crippen molar-refractivity contribution in [3.05, 3.63) is 35.9 Å². The molecule has 1 saturated heterocycles. The molecule has 1 aliphatic rings. The number of benzene rings is 1. The van der Waals surface area contributed by atoms with Gasteiger partial charge in [0, 0.05) is 5.54 Å². The van der Waals surface area contributed by atoms with Crippen LogP contribution in [0.15, 0.2) is 30.3 Å². The first-order chi connectivity index (χ1) is 8.62. The third kappa shape index (κ3) is 3.35. The predicted octanol–water partition coefficient (Wildman–Crippen LogP) is 4.13. The van der Waals surface area contributed by atoms with Crippen LogP contribution in [0.2, 0.25) is 0 Å². The molecule has 1 fully saturated rings. The summed E-state index contributed by atoms with van der Waals surface area (Å²) >= 11 is 0. The molecule has 1 aliphatic heterocycles. The van der Waals surface area contributed by atoms with Crippen molar-refractivity contribution < 1.29 is 0 Å². The van der Waals surface area contributed by atoms with Crippen LogP contribution < -0.4 is 0 Å². The molecule has 1 aromatic rings. The lowest BCUT2D eigenvalue weighted by molar-refractivity contribution is 0.0719. The molecule has 100 valence electrons. The molecule has 0 spiro atoms. The summed E-state index contributed by atoms with van der Waals surface area (Å²) in [5.41, 5.74) is 1.89. The van der Waals surface area contributed by atoms with Crippen LogP contribution >= 0.6 is 0 Å². The van der Waals surface area contributed by atoms with E-state index in [-0.39, 0.29) is 0 Å². The number of rotatable bonds is 4. The molecule has 0 amide bonds. The van der Waals surface area contributed by atoms with Crippen LogP contribution in [0.1, 0.15) is 45.6 Å². The standard InChI is InChI=1S/C17H27N/c1-4-17(2,3)18-12-10-16(11-13-18)14-15-8-6-5-7-9-15/h5-9,16H,4,10-14H2,1-3H3. The van der Waals surface area contributed by atoms with E-state index < -0.39 is 0 Å². The van der Waals surface area contributed by atoms with Crippen molar-refractivity contribution in [2.45, 2.75) is 52.0 Å². The van der Waals surface area contributed by atoms with E-state index >= 15 is 0 Å². The van der Waals surface area contributed by atoms with Crippen molar-refractivity contribution in [1.29, 1.82) is 0 Å². The summed E-state index contributed by atoms with van der Waals surface area (Å²) in [4.78, 5) is 2.68. The molecule has 1 heterocycles. The fourth-order valence-corrected chi connectivity index (χ4v) is 2.91. The number of likely N-dealkylation sites (tertiary alicyclic amines) is 1. The zero-order chi connectivity index (χ0) is 13.0. The second kappa shape index (κ2) is 5.88. The Balaban J connectivity index is 1.84. The van der Waals surface area contributed by atoms with Crippen LogP contribution in [0.25, 0.3) is 0 Å². The molecule has 0 aromatic heterocycles. The van der Waals surface area contributed by atoms with E-state index in [4.69, 9.17) is 0 Å². The van der Waals surface area contributed by atoms with Gasteiger partial charge < -0.3 is 0 Å². The van der Waals surface area contributed by atoms with Crippen molar-refractivity contribution in [2.24, 2.45) is 5.92 Å². The highest BCUT2D eigenvalue weighted by atomic mass is 15.2. The Labute approximate surface area is 112 Å². The summed E-state index contributed by atoms with van der Waals surface area (Å²) in [7, 11) is 0. The van der Waals surface area contributed by atoms with Gasteiger partial charge in [0.2, 0.25) is 0 Å². The maximum Gasteiger partial charge on any atom is 0.0150 e. The predicted molar refractivity (Wildman–Crippen MR) is 78.8 cm³/mol. The normalized spacial score (nSPS) is 19.1. The lowest BCUT2D eigenvalue weighted by Gasteiger charge is -2.42. The molecule has 0 atom stereocenters. The van der Waals surface area contributed by atoms with Gasteiger partial charge in [0.1, 0.15) is 0 Å². The third-order valence-corrected chi connectivity index (χ3v) is 4.70. The molecule has 0 N–H and O–H groups in total. The highest BCUT2D eigenvalue weighted by molar-refractivity contribution is 5.15. The minimum Gasteiger partial charge on any atom is -0.298 e. The average molecular weight is 245 g/mol. The van der Waals surface area contributed by atoms with Crippen molar-refractivity contribution in [1.82, 2.24) is 4.90 Å². The Bertz CT molecular complexity index is 347. The minimum atomic E-state index is 0.387. The third-order valence-electron chi connectivity index (χ3n) is 4.70. The summed E-state index contributed by atoms with van der Waals surface area (Å²) in [5, 5.41) is 0. The fraction of sp³-hybridized carbons (Fsp3) is 0.647. The molecule has 0 radical (unpaired) electrons. The lowest BCUT2D eigenvalue weighted by atomic mass is 9.87. The monoisotopic (exact) mass is 245 g/mol. The van der Waals surface area contributed by atoms with Crippen LogP contribution in [0.4, 0.5) is 0 Å². The van der Waals surface area contributed by atoms with Gasteiger partial charge in [-0.2, -0.15) is 0 Å². The Morgan fingerprint density at radius 1 is 1.11 bits per heavy atom. The number of hydrogen-bond acceptors (Lipinski definition) is 1. The lowest BCUT2D eigenvalue weighted by Crippen LogP contribution is -2.47. The van der Waals surface area contributed by atoms with Gasteiger partial charge in [-0.3, -0.25) is 4.90 Å². The van der Waals surface area contributed by atoms with Crippen LogP contribution in [0, 0.1) is 5.92 Å². The average Bonchev–Trinajstić information content (AvgIpc) is 2.40. The van der Waals surface area contributed by atoms with E-state index in [1.807, 2.05) is 0 Å². The molecule has 18 heavy (non-hydrogen) atoms. The molecule has 0 bridgehead atoms. The van der Waals surface area contributed by atoms with Crippen LogP contribution in [-0.4, -0.2) is 23.5 Å². The van der Waals surface area contributed by atoms with Crippen LogP contribution in [-0.2, 0) is 6.42 Å². The summed E-state index contributed by atoms with van der Waals surface area (Å²) in [6.07, 6.45) is 5.23. The SMILES string of the molecule is CCC(C)(C)N1CCC(Cc2ccccc2)CC1. The van der Waals surface area contributed by atoms with Crippen LogP contribution in [0.3, 0.4) is 0 Å². The van der Waals surface area contributed by atoms with Gasteiger partial charge in [-0.15, -0.1) is 0 Å². The second-order valence-corrected chi connectivity index (χ2v) is 6.29. The Hall–Kier alpha value is -0.820. The number of piperidine rings is 1. The van der Waals surface area contributed by atoms with Gasteiger partial charge in [-0.05, 0) is 64.1 Å². The van der Waals surface area contributed by atoms with Gasteiger partial charge >= 0.3 is 0 Å². The minimum absolute atomic E-state index is 0.387. The molecule has 1 aromatic carbocycles. The van der Waals surface area contributed by atoms with E-state index in [1.165, 1.54) is 44.3 Å². The summed E-state index contributed by atoms with van der Waals surface area (Å²) in [6, 6.07) is 11.0. The molecule has 0 saturated carbocycles. The molecule has 0 aliphatic carbocycles. The van der Waals surface area contributed by atoms with Crippen molar-refractivity contribution in [2.75, 3.05) is 13.1 Å². The van der Waals surface area contributed by atoms with Gasteiger partial charge in [0.05, 0.1) is 0 Å². The zero-order valence-corrected chi connectivity index (χ0v) is 12.2. The molecular weight excluding hydrogens is 218 g/mol. The Morgan fingerprint density at radius 3 is 2.28 bits per heavy atom. The van der Waals surface area contributed by atoms with E-state index in [1.54, 1.807) is 0 Å². The van der Waals surface area contributed by atoms with E-state index in [2.05, 4.69) is 56.0 Å². The van der Waals surface area contributed by atoms with Gasteiger partial charge in [-0.1, -0.05) is 37.3 Å². The number of hydrogen-bond donors (Lipinski definition) is 0. The molecular formula is C17H27N. The van der Waals surface area contributed by atoms with Crippen LogP contribution in [0.5, 0.6) is 0 Å². The van der Waals surface area contributed by atoms with Gasteiger partial charge in [0.25, 0.3) is 0 Å². The molecule has 1 heteroatoms.